The molecule has 1 aromatic rings. The average molecular weight is 631 g/mol. The lowest BCUT2D eigenvalue weighted by Gasteiger charge is -2.31. The molecule has 0 N–H and O–H groups in total. The van der Waals surface area contributed by atoms with Crippen LogP contribution in [0.15, 0.2) is 18.2 Å². The fraction of sp³-hybridized carbons (Fsp3) is 0.800. The Kier molecular flexibility index (Phi) is 20.5. The van der Waals surface area contributed by atoms with E-state index in [4.69, 9.17) is 14.2 Å². The smallest absolute Gasteiger partial charge is 0.305 e. The Bertz CT molecular complexity index is 950. The molecular formula is C40H70O5. The van der Waals surface area contributed by atoms with E-state index in [0.717, 1.165) is 70.0 Å². The predicted molar refractivity (Wildman–Crippen MR) is 189 cm³/mol. The molecule has 0 aromatic heterocycles. The maximum atomic E-state index is 12.5. The SMILES string of the molecule is CCCCOc1cc(C(C)(C)CCCC(=O)OCC(CC)CCCC)ccc1C(C)(C)CCCC(=O)OCC(CC)CCCC. The number of hydrogen-bond acceptors (Lipinski definition) is 5. The monoisotopic (exact) mass is 631 g/mol. The number of rotatable bonds is 26. The van der Waals surface area contributed by atoms with Crippen LogP contribution >= 0.6 is 0 Å². The molecule has 0 saturated heterocycles. The first-order valence-corrected chi connectivity index (χ1v) is 18.5. The van der Waals surface area contributed by atoms with Gasteiger partial charge in [0.05, 0.1) is 19.8 Å². The fourth-order valence-electron chi connectivity index (χ4n) is 5.94. The quantitative estimate of drug-likeness (QED) is 0.0753. The summed E-state index contributed by atoms with van der Waals surface area (Å²) in [5.74, 6) is 1.73. The number of carbonyl (C=O) groups is 2. The largest absolute Gasteiger partial charge is 0.493 e. The first-order chi connectivity index (χ1) is 21.4. The van der Waals surface area contributed by atoms with E-state index in [0.29, 0.717) is 44.5 Å². The third-order valence-corrected chi connectivity index (χ3v) is 9.66. The van der Waals surface area contributed by atoms with E-state index in [1.165, 1.54) is 36.8 Å². The van der Waals surface area contributed by atoms with Crippen molar-refractivity contribution in [1.82, 2.24) is 0 Å². The first-order valence-electron chi connectivity index (χ1n) is 18.5. The molecule has 0 aliphatic heterocycles. The highest BCUT2D eigenvalue weighted by Crippen LogP contribution is 2.40. The first kappa shape index (κ1) is 41.0. The van der Waals surface area contributed by atoms with Gasteiger partial charge in [-0.15, -0.1) is 0 Å². The molecule has 1 rings (SSSR count). The normalized spacial score (nSPS) is 13.4. The minimum absolute atomic E-state index is 0.0769. The van der Waals surface area contributed by atoms with Crippen molar-refractivity contribution >= 4 is 11.9 Å². The number of esters is 2. The highest BCUT2D eigenvalue weighted by atomic mass is 16.5. The predicted octanol–water partition coefficient (Wildman–Crippen LogP) is 11.3. The summed E-state index contributed by atoms with van der Waals surface area (Å²) in [6.45, 7) is 21.7. The van der Waals surface area contributed by atoms with Crippen molar-refractivity contribution in [3.05, 3.63) is 29.3 Å². The molecule has 45 heavy (non-hydrogen) atoms. The molecule has 0 amide bonds. The van der Waals surface area contributed by atoms with Crippen LogP contribution in [0.2, 0.25) is 0 Å². The van der Waals surface area contributed by atoms with Gasteiger partial charge in [0.25, 0.3) is 0 Å². The zero-order valence-electron chi connectivity index (χ0n) is 30.9. The van der Waals surface area contributed by atoms with Gasteiger partial charge >= 0.3 is 11.9 Å². The van der Waals surface area contributed by atoms with E-state index in [1.54, 1.807) is 0 Å². The van der Waals surface area contributed by atoms with Crippen molar-refractivity contribution in [2.24, 2.45) is 11.8 Å². The number of carbonyl (C=O) groups excluding carboxylic acids is 2. The fourth-order valence-corrected chi connectivity index (χ4v) is 5.94. The summed E-state index contributed by atoms with van der Waals surface area (Å²) < 4.78 is 17.7. The van der Waals surface area contributed by atoms with E-state index >= 15 is 0 Å². The van der Waals surface area contributed by atoms with Crippen molar-refractivity contribution in [3.63, 3.8) is 0 Å². The minimum atomic E-state index is -0.144. The zero-order valence-corrected chi connectivity index (χ0v) is 30.9. The van der Waals surface area contributed by atoms with Crippen LogP contribution in [0.3, 0.4) is 0 Å². The zero-order chi connectivity index (χ0) is 33.7. The van der Waals surface area contributed by atoms with Gasteiger partial charge in [0.2, 0.25) is 0 Å². The number of benzene rings is 1. The molecule has 0 spiro atoms. The minimum Gasteiger partial charge on any atom is -0.493 e. The van der Waals surface area contributed by atoms with E-state index < -0.39 is 0 Å². The van der Waals surface area contributed by atoms with Crippen LogP contribution in [0.25, 0.3) is 0 Å². The van der Waals surface area contributed by atoms with Crippen LogP contribution in [0.1, 0.15) is 176 Å². The Labute approximate surface area is 278 Å². The van der Waals surface area contributed by atoms with Crippen LogP contribution in [-0.4, -0.2) is 31.8 Å². The summed E-state index contributed by atoms with van der Waals surface area (Å²) in [4.78, 5) is 25.0. The molecule has 0 fully saturated rings. The van der Waals surface area contributed by atoms with Gasteiger partial charge in [-0.1, -0.05) is 119 Å². The number of hydrogen-bond donors (Lipinski definition) is 0. The molecule has 0 saturated carbocycles. The molecule has 260 valence electrons. The van der Waals surface area contributed by atoms with Crippen LogP contribution in [0.4, 0.5) is 0 Å². The Morgan fingerprint density at radius 2 is 1.16 bits per heavy atom. The molecule has 2 atom stereocenters. The van der Waals surface area contributed by atoms with Gasteiger partial charge in [-0.05, 0) is 84.8 Å². The van der Waals surface area contributed by atoms with E-state index in [1.807, 2.05) is 0 Å². The second kappa shape index (κ2) is 22.5. The summed E-state index contributed by atoms with van der Waals surface area (Å²) in [6.07, 6.45) is 15.5. The lowest BCUT2D eigenvalue weighted by Crippen LogP contribution is -2.22. The van der Waals surface area contributed by atoms with Crippen molar-refractivity contribution < 1.29 is 23.8 Å². The molecule has 0 radical (unpaired) electrons. The molecule has 0 aliphatic carbocycles. The van der Waals surface area contributed by atoms with Crippen molar-refractivity contribution in [2.75, 3.05) is 19.8 Å². The van der Waals surface area contributed by atoms with Gasteiger partial charge in [0.1, 0.15) is 5.75 Å². The maximum absolute atomic E-state index is 12.5. The third kappa shape index (κ3) is 16.4. The molecule has 5 heteroatoms. The van der Waals surface area contributed by atoms with Gasteiger partial charge in [0, 0.05) is 12.8 Å². The summed E-state index contributed by atoms with van der Waals surface area (Å²) in [5.41, 5.74) is 2.17. The van der Waals surface area contributed by atoms with Gasteiger partial charge in [-0.2, -0.15) is 0 Å². The lowest BCUT2D eigenvalue weighted by molar-refractivity contribution is -0.146. The second-order valence-corrected chi connectivity index (χ2v) is 14.6. The summed E-state index contributed by atoms with van der Waals surface area (Å²) >= 11 is 0. The van der Waals surface area contributed by atoms with Gasteiger partial charge in [-0.25, -0.2) is 0 Å². The summed E-state index contributed by atoms with van der Waals surface area (Å²) in [6, 6.07) is 6.68. The van der Waals surface area contributed by atoms with Crippen LogP contribution < -0.4 is 4.74 Å². The van der Waals surface area contributed by atoms with Gasteiger partial charge in [0.15, 0.2) is 0 Å². The van der Waals surface area contributed by atoms with Crippen molar-refractivity contribution in [3.8, 4) is 5.75 Å². The van der Waals surface area contributed by atoms with Gasteiger partial charge in [-0.3, -0.25) is 9.59 Å². The van der Waals surface area contributed by atoms with Crippen LogP contribution in [0.5, 0.6) is 5.75 Å². The topological polar surface area (TPSA) is 61.8 Å². The van der Waals surface area contributed by atoms with Crippen molar-refractivity contribution in [2.45, 2.75) is 176 Å². The molecule has 5 nitrogen and oxygen atoms in total. The molecular weight excluding hydrogens is 560 g/mol. The van der Waals surface area contributed by atoms with E-state index in [-0.39, 0.29) is 22.8 Å². The second-order valence-electron chi connectivity index (χ2n) is 14.6. The van der Waals surface area contributed by atoms with Crippen LogP contribution in [0, 0.1) is 11.8 Å². The summed E-state index contributed by atoms with van der Waals surface area (Å²) in [5, 5.41) is 0. The Morgan fingerprint density at radius 3 is 1.62 bits per heavy atom. The molecule has 0 heterocycles. The number of ether oxygens (including phenoxy) is 3. The third-order valence-electron chi connectivity index (χ3n) is 9.66. The average Bonchev–Trinajstić information content (AvgIpc) is 3.01. The van der Waals surface area contributed by atoms with E-state index in [9.17, 15) is 9.59 Å². The highest BCUT2D eigenvalue weighted by molar-refractivity contribution is 5.69. The Hall–Kier alpha value is -2.04. The Balaban J connectivity index is 2.81. The maximum Gasteiger partial charge on any atom is 0.305 e. The molecule has 1 aromatic carbocycles. The highest BCUT2D eigenvalue weighted by Gasteiger charge is 2.28. The molecule has 0 aliphatic rings. The standard InChI is InChI=1S/C40H70O5/c1-10-15-20-32(13-4)30-44-37(41)22-18-26-39(6,7)34-24-25-35(36(29-34)43-28-17-12-3)40(8,9)27-19-23-38(42)45-31-33(14-5)21-16-11-2/h24-25,29,32-33H,10-23,26-28,30-31H2,1-9H3. The molecule has 2 unspecified atom stereocenters. The molecule has 0 bridgehead atoms. The number of unbranched alkanes of at least 4 members (excludes halogenated alkanes) is 3. The summed E-state index contributed by atoms with van der Waals surface area (Å²) in [7, 11) is 0. The van der Waals surface area contributed by atoms with Crippen LogP contribution in [-0.2, 0) is 29.9 Å². The Morgan fingerprint density at radius 1 is 0.667 bits per heavy atom. The van der Waals surface area contributed by atoms with Crippen molar-refractivity contribution in [1.29, 1.82) is 0 Å². The van der Waals surface area contributed by atoms with Gasteiger partial charge < -0.3 is 14.2 Å². The van der Waals surface area contributed by atoms with E-state index in [2.05, 4.69) is 80.5 Å². The lowest BCUT2D eigenvalue weighted by atomic mass is 9.76.